The van der Waals surface area contributed by atoms with Gasteiger partial charge in [-0.1, -0.05) is 48.5 Å². The summed E-state index contributed by atoms with van der Waals surface area (Å²) in [4.78, 5) is 12.0. The molecule has 7 nitrogen and oxygen atoms in total. The number of hydrazone groups is 1. The minimum atomic E-state index is 0.337. The lowest BCUT2D eigenvalue weighted by molar-refractivity contribution is 0.211. The molecule has 4 rings (SSSR count). The topological polar surface area (TPSA) is 68.7 Å². The maximum atomic E-state index is 4.79. The molecule has 2 aromatic carbocycles. The third-order valence-electron chi connectivity index (χ3n) is 5.85. The zero-order valence-corrected chi connectivity index (χ0v) is 18.8. The first-order valence-electron chi connectivity index (χ1n) is 11.1. The molecule has 7 heteroatoms. The highest BCUT2D eigenvalue weighted by Gasteiger charge is 2.21. The average Bonchev–Trinajstić information content (AvgIpc) is 2.83. The lowest BCUT2D eigenvalue weighted by Crippen LogP contribution is -2.39. The summed E-state index contributed by atoms with van der Waals surface area (Å²) in [6, 6.07) is 21.0. The van der Waals surface area contributed by atoms with Gasteiger partial charge in [-0.15, -0.1) is 0 Å². The zero-order valence-electron chi connectivity index (χ0n) is 18.8. The highest BCUT2D eigenvalue weighted by Crippen LogP contribution is 2.28. The van der Waals surface area contributed by atoms with Crippen molar-refractivity contribution >= 4 is 30.0 Å². The molecule has 32 heavy (non-hydrogen) atoms. The Kier molecular flexibility index (Phi) is 6.97. The van der Waals surface area contributed by atoms with Crippen LogP contribution in [0.15, 0.2) is 65.8 Å². The van der Waals surface area contributed by atoms with Crippen LogP contribution in [0.2, 0.25) is 0 Å². The van der Waals surface area contributed by atoms with E-state index in [2.05, 4.69) is 57.7 Å². The molecule has 1 saturated heterocycles. The van der Waals surface area contributed by atoms with Gasteiger partial charge in [0.25, 0.3) is 0 Å². The van der Waals surface area contributed by atoms with E-state index in [-0.39, 0.29) is 0 Å². The Morgan fingerprint density at radius 1 is 1.03 bits per heavy atom. The first kappa shape index (κ1) is 21.8. The van der Waals surface area contributed by atoms with Crippen LogP contribution in [0, 0.1) is 6.92 Å². The number of rotatable bonds is 8. The number of aromatic nitrogens is 2. The maximum absolute atomic E-state index is 4.79. The summed E-state index contributed by atoms with van der Waals surface area (Å²) in [6.45, 7) is 8.74. The van der Waals surface area contributed by atoms with Crippen LogP contribution in [-0.2, 0) is 6.54 Å². The Balaban J connectivity index is 1.45. The quantitative estimate of drug-likeness (QED) is 0.401. The Hall–Kier alpha value is -3.45. The van der Waals surface area contributed by atoms with Gasteiger partial charge in [0.1, 0.15) is 5.82 Å². The van der Waals surface area contributed by atoms with E-state index in [0.29, 0.717) is 12.0 Å². The van der Waals surface area contributed by atoms with Crippen LogP contribution in [0.1, 0.15) is 24.0 Å². The van der Waals surface area contributed by atoms with Gasteiger partial charge in [0.05, 0.1) is 0 Å². The second-order valence-corrected chi connectivity index (χ2v) is 8.18. The van der Waals surface area contributed by atoms with E-state index in [1.807, 2.05) is 44.3 Å². The molecular formula is C25H31N7. The average molecular weight is 430 g/mol. The monoisotopic (exact) mass is 429 g/mol. The number of nitrogens with zero attached hydrogens (tertiary/aromatic N) is 5. The number of hydrogen-bond donors (Lipinski definition) is 2. The largest absolute Gasteiger partial charge is 0.351 e. The molecule has 0 bridgehead atoms. The molecule has 2 N–H and O–H groups in total. The van der Waals surface area contributed by atoms with Gasteiger partial charge in [-0.3, -0.25) is 9.91 Å². The van der Waals surface area contributed by atoms with E-state index in [4.69, 9.17) is 9.97 Å². The zero-order chi connectivity index (χ0) is 22.3. The van der Waals surface area contributed by atoms with Gasteiger partial charge >= 0.3 is 0 Å². The normalized spacial score (nSPS) is 14.7. The van der Waals surface area contributed by atoms with Crippen molar-refractivity contribution in [3.8, 4) is 0 Å². The second kappa shape index (κ2) is 10.2. The van der Waals surface area contributed by atoms with Crippen LogP contribution < -0.4 is 15.6 Å². The van der Waals surface area contributed by atoms with Gasteiger partial charge in [-0.05, 0) is 37.5 Å². The second-order valence-electron chi connectivity index (χ2n) is 8.18. The van der Waals surface area contributed by atoms with Crippen LogP contribution in [-0.4, -0.2) is 47.8 Å². The van der Waals surface area contributed by atoms with E-state index < -0.39 is 0 Å². The summed E-state index contributed by atoms with van der Waals surface area (Å²) in [5.41, 5.74) is 3.27. The van der Waals surface area contributed by atoms with Crippen molar-refractivity contribution in [3.05, 3.63) is 71.8 Å². The Morgan fingerprint density at radius 3 is 2.34 bits per heavy atom. The van der Waals surface area contributed by atoms with E-state index >= 15 is 0 Å². The van der Waals surface area contributed by atoms with Gasteiger partial charge in [0.15, 0.2) is 5.82 Å². The van der Waals surface area contributed by atoms with Crippen LogP contribution >= 0.6 is 0 Å². The van der Waals surface area contributed by atoms with E-state index in [1.54, 1.807) is 5.01 Å². The van der Waals surface area contributed by atoms with Gasteiger partial charge in [0.2, 0.25) is 5.95 Å². The summed E-state index contributed by atoms with van der Waals surface area (Å²) in [5.74, 6) is 2.11. The Morgan fingerprint density at radius 2 is 1.69 bits per heavy atom. The summed E-state index contributed by atoms with van der Waals surface area (Å²) >= 11 is 0. The molecule has 0 atom stereocenters. The fourth-order valence-corrected chi connectivity index (χ4v) is 3.99. The maximum Gasteiger partial charge on any atom is 0.226 e. The Labute approximate surface area is 190 Å². The highest BCUT2D eigenvalue weighted by atomic mass is 15.5. The minimum Gasteiger partial charge on any atom is -0.351 e. The number of piperidine rings is 1. The molecule has 166 valence electrons. The molecule has 1 fully saturated rings. The SMILES string of the molecule is C=NN(C)c1nc(NC2CCN(Cc3ccccc3)CC2)nc(Nc2ccccc2)c1C. The number of nitrogens with one attached hydrogen (secondary N) is 2. The third-order valence-corrected chi connectivity index (χ3v) is 5.85. The van der Waals surface area contributed by atoms with Crippen LogP contribution in [0.5, 0.6) is 0 Å². The minimum absolute atomic E-state index is 0.337. The first-order valence-corrected chi connectivity index (χ1v) is 11.1. The molecule has 3 aromatic rings. The predicted octanol–water partition coefficient (Wildman–Crippen LogP) is 4.66. The molecule has 0 unspecified atom stereocenters. The van der Waals surface area contributed by atoms with Crippen molar-refractivity contribution < 1.29 is 0 Å². The molecule has 0 amide bonds. The molecule has 1 aliphatic rings. The number of likely N-dealkylation sites (tertiary alicyclic amines) is 1. The van der Waals surface area contributed by atoms with Gasteiger partial charge < -0.3 is 10.6 Å². The lowest BCUT2D eigenvalue weighted by Gasteiger charge is -2.32. The number of anilines is 4. The van der Waals surface area contributed by atoms with Crippen LogP contribution in [0.25, 0.3) is 0 Å². The van der Waals surface area contributed by atoms with E-state index in [0.717, 1.165) is 55.4 Å². The number of para-hydroxylation sites is 1. The predicted molar refractivity (Wildman–Crippen MR) is 133 cm³/mol. The Bertz CT molecular complexity index is 1020. The van der Waals surface area contributed by atoms with Crippen molar-refractivity contribution in [2.24, 2.45) is 5.10 Å². The van der Waals surface area contributed by atoms with Crippen molar-refractivity contribution in [1.82, 2.24) is 14.9 Å². The summed E-state index contributed by atoms with van der Waals surface area (Å²) in [7, 11) is 1.85. The third kappa shape index (κ3) is 5.42. The summed E-state index contributed by atoms with van der Waals surface area (Å²) < 4.78 is 0. The van der Waals surface area contributed by atoms with Crippen LogP contribution in [0.3, 0.4) is 0 Å². The van der Waals surface area contributed by atoms with Gasteiger partial charge in [-0.2, -0.15) is 15.1 Å². The molecule has 0 radical (unpaired) electrons. The molecule has 0 saturated carbocycles. The van der Waals surface area contributed by atoms with Crippen LogP contribution in [0.4, 0.5) is 23.3 Å². The van der Waals surface area contributed by atoms with Crippen molar-refractivity contribution in [2.45, 2.75) is 32.4 Å². The lowest BCUT2D eigenvalue weighted by atomic mass is 10.0. The van der Waals surface area contributed by atoms with E-state index in [9.17, 15) is 0 Å². The van der Waals surface area contributed by atoms with Gasteiger partial charge in [0, 0.05) is 50.7 Å². The standard InChI is InChI=1S/C25H31N7/c1-19-23(27-21-12-8-5-9-13-21)29-25(30-24(19)31(3)26-2)28-22-14-16-32(17-15-22)18-20-10-6-4-7-11-20/h4-13,22H,2,14-18H2,1,3H3,(H2,27,28,29,30). The van der Waals surface area contributed by atoms with E-state index in [1.165, 1.54) is 5.56 Å². The summed E-state index contributed by atoms with van der Waals surface area (Å²) in [6.07, 6.45) is 2.10. The van der Waals surface area contributed by atoms with Crippen molar-refractivity contribution in [1.29, 1.82) is 0 Å². The summed E-state index contributed by atoms with van der Waals surface area (Å²) in [5, 5.41) is 12.7. The fraction of sp³-hybridized carbons (Fsp3) is 0.320. The van der Waals surface area contributed by atoms with Crippen molar-refractivity contribution in [2.75, 3.05) is 35.8 Å². The molecule has 1 aromatic heterocycles. The first-order chi connectivity index (χ1) is 15.6. The smallest absolute Gasteiger partial charge is 0.226 e. The molecule has 0 spiro atoms. The fourth-order valence-electron chi connectivity index (χ4n) is 3.99. The van der Waals surface area contributed by atoms with Gasteiger partial charge in [-0.25, -0.2) is 0 Å². The number of hydrogen-bond acceptors (Lipinski definition) is 7. The molecule has 1 aliphatic heterocycles. The highest BCUT2D eigenvalue weighted by molar-refractivity contribution is 5.67. The number of benzene rings is 2. The molecular weight excluding hydrogens is 398 g/mol. The molecule has 0 aliphatic carbocycles. The van der Waals surface area contributed by atoms with Crippen molar-refractivity contribution in [3.63, 3.8) is 0 Å². The molecule has 2 heterocycles.